The normalized spacial score (nSPS) is 12.6. The Morgan fingerprint density at radius 1 is 1.19 bits per heavy atom. The predicted octanol–water partition coefficient (Wildman–Crippen LogP) is 4.71. The van der Waals surface area contributed by atoms with Crippen LogP contribution in [-0.4, -0.2) is 16.1 Å². The van der Waals surface area contributed by atoms with Crippen LogP contribution in [0.15, 0.2) is 39.5 Å². The molecule has 0 aliphatic rings. The molecule has 1 N–H and O–H groups in total. The standard InChI is InChI=1S/C16H21Br2N3/c1-3-6-21-7-5-20-16(21)11-15(19-4-2)12-8-13(17)10-14(18)9-12/h5,7-10,15,19H,3-4,6,11H2,1-2H3. The molecule has 1 aromatic heterocycles. The van der Waals surface area contributed by atoms with Gasteiger partial charge in [-0.2, -0.15) is 0 Å². The molecule has 0 saturated carbocycles. The summed E-state index contributed by atoms with van der Waals surface area (Å²) in [5.41, 5.74) is 1.27. The van der Waals surface area contributed by atoms with Crippen molar-refractivity contribution in [2.45, 2.75) is 39.3 Å². The van der Waals surface area contributed by atoms with Gasteiger partial charge in [0.25, 0.3) is 0 Å². The van der Waals surface area contributed by atoms with E-state index in [0.717, 1.165) is 40.7 Å². The summed E-state index contributed by atoms with van der Waals surface area (Å²) in [6, 6.07) is 6.67. The van der Waals surface area contributed by atoms with Gasteiger partial charge in [-0.1, -0.05) is 45.7 Å². The Morgan fingerprint density at radius 3 is 2.52 bits per heavy atom. The summed E-state index contributed by atoms with van der Waals surface area (Å²) in [5, 5.41) is 3.57. The number of halogens is 2. The highest BCUT2D eigenvalue weighted by Crippen LogP contribution is 2.26. The number of likely N-dealkylation sites (N-methyl/N-ethyl adjacent to an activating group) is 1. The fraction of sp³-hybridized carbons (Fsp3) is 0.438. The van der Waals surface area contributed by atoms with Gasteiger partial charge >= 0.3 is 0 Å². The molecule has 1 aromatic carbocycles. The van der Waals surface area contributed by atoms with E-state index >= 15 is 0 Å². The van der Waals surface area contributed by atoms with E-state index in [-0.39, 0.29) is 6.04 Å². The average molecular weight is 415 g/mol. The molecular weight excluding hydrogens is 394 g/mol. The third-order valence-corrected chi connectivity index (χ3v) is 4.31. The van der Waals surface area contributed by atoms with Gasteiger partial charge in [-0.05, 0) is 36.7 Å². The minimum atomic E-state index is 0.266. The van der Waals surface area contributed by atoms with E-state index in [4.69, 9.17) is 0 Å². The third-order valence-electron chi connectivity index (χ3n) is 3.39. The lowest BCUT2D eigenvalue weighted by molar-refractivity contribution is 0.516. The molecule has 1 heterocycles. The molecular formula is C16H21Br2N3. The molecule has 2 aromatic rings. The molecule has 1 unspecified atom stereocenters. The van der Waals surface area contributed by atoms with Gasteiger partial charge in [0, 0.05) is 40.3 Å². The van der Waals surface area contributed by atoms with E-state index in [1.165, 1.54) is 5.56 Å². The Bertz CT molecular complexity index is 560. The zero-order valence-electron chi connectivity index (χ0n) is 12.4. The van der Waals surface area contributed by atoms with Crippen molar-refractivity contribution in [3.63, 3.8) is 0 Å². The number of hydrogen-bond donors (Lipinski definition) is 1. The minimum Gasteiger partial charge on any atom is -0.335 e. The molecule has 0 amide bonds. The van der Waals surface area contributed by atoms with Crippen molar-refractivity contribution in [3.05, 3.63) is 50.9 Å². The van der Waals surface area contributed by atoms with Gasteiger partial charge in [0.15, 0.2) is 0 Å². The number of aryl methyl sites for hydroxylation is 1. The molecule has 0 aliphatic heterocycles. The molecule has 5 heteroatoms. The highest BCUT2D eigenvalue weighted by Gasteiger charge is 2.15. The number of benzene rings is 1. The summed E-state index contributed by atoms with van der Waals surface area (Å²) in [5.74, 6) is 1.14. The number of nitrogens with zero attached hydrogens (tertiary/aromatic N) is 2. The number of imidazole rings is 1. The van der Waals surface area contributed by atoms with Gasteiger partial charge < -0.3 is 9.88 Å². The Morgan fingerprint density at radius 2 is 1.90 bits per heavy atom. The van der Waals surface area contributed by atoms with Gasteiger partial charge in [-0.3, -0.25) is 0 Å². The minimum absolute atomic E-state index is 0.266. The van der Waals surface area contributed by atoms with E-state index < -0.39 is 0 Å². The van der Waals surface area contributed by atoms with Crippen LogP contribution < -0.4 is 5.32 Å². The number of hydrogen-bond acceptors (Lipinski definition) is 2. The van der Waals surface area contributed by atoms with Gasteiger partial charge in [0.2, 0.25) is 0 Å². The molecule has 2 rings (SSSR count). The van der Waals surface area contributed by atoms with Crippen molar-refractivity contribution < 1.29 is 0 Å². The maximum atomic E-state index is 4.53. The quantitative estimate of drug-likeness (QED) is 0.710. The van der Waals surface area contributed by atoms with Crippen LogP contribution in [0.3, 0.4) is 0 Å². The van der Waals surface area contributed by atoms with Crippen molar-refractivity contribution in [3.8, 4) is 0 Å². The van der Waals surface area contributed by atoms with E-state index in [2.05, 4.69) is 85.0 Å². The maximum Gasteiger partial charge on any atom is 0.110 e. The zero-order chi connectivity index (χ0) is 15.2. The highest BCUT2D eigenvalue weighted by molar-refractivity contribution is 9.11. The van der Waals surface area contributed by atoms with Crippen molar-refractivity contribution >= 4 is 31.9 Å². The van der Waals surface area contributed by atoms with Gasteiger partial charge in [-0.25, -0.2) is 4.98 Å². The molecule has 0 spiro atoms. The second-order valence-electron chi connectivity index (χ2n) is 5.05. The molecule has 0 saturated heterocycles. The molecule has 0 fully saturated rings. The van der Waals surface area contributed by atoms with Crippen LogP contribution in [0.5, 0.6) is 0 Å². The first-order valence-electron chi connectivity index (χ1n) is 7.33. The van der Waals surface area contributed by atoms with Crippen LogP contribution in [0.25, 0.3) is 0 Å². The van der Waals surface area contributed by atoms with Crippen molar-refractivity contribution in [1.29, 1.82) is 0 Å². The lowest BCUT2D eigenvalue weighted by Gasteiger charge is -2.19. The van der Waals surface area contributed by atoms with E-state index in [0.29, 0.717) is 0 Å². The summed E-state index contributed by atoms with van der Waals surface area (Å²) in [7, 11) is 0. The van der Waals surface area contributed by atoms with Crippen LogP contribution in [0.4, 0.5) is 0 Å². The average Bonchev–Trinajstić information content (AvgIpc) is 2.85. The van der Waals surface area contributed by atoms with E-state index in [9.17, 15) is 0 Å². The first-order valence-corrected chi connectivity index (χ1v) is 8.92. The van der Waals surface area contributed by atoms with Crippen LogP contribution in [0, 0.1) is 0 Å². The third kappa shape index (κ3) is 4.66. The monoisotopic (exact) mass is 413 g/mol. The molecule has 21 heavy (non-hydrogen) atoms. The maximum absolute atomic E-state index is 4.53. The zero-order valence-corrected chi connectivity index (χ0v) is 15.6. The van der Waals surface area contributed by atoms with Crippen LogP contribution in [-0.2, 0) is 13.0 Å². The van der Waals surface area contributed by atoms with Crippen LogP contribution in [0.1, 0.15) is 37.7 Å². The fourth-order valence-corrected chi connectivity index (χ4v) is 3.82. The van der Waals surface area contributed by atoms with Crippen molar-refractivity contribution in [2.24, 2.45) is 0 Å². The molecule has 3 nitrogen and oxygen atoms in total. The summed E-state index contributed by atoms with van der Waals surface area (Å²) in [6.07, 6.45) is 5.98. The summed E-state index contributed by atoms with van der Waals surface area (Å²) in [4.78, 5) is 4.53. The Labute approximate surface area is 143 Å². The van der Waals surface area contributed by atoms with E-state index in [1.54, 1.807) is 0 Å². The first kappa shape index (κ1) is 16.7. The van der Waals surface area contributed by atoms with Crippen molar-refractivity contribution in [1.82, 2.24) is 14.9 Å². The number of aromatic nitrogens is 2. The van der Waals surface area contributed by atoms with Crippen LogP contribution >= 0.6 is 31.9 Å². The second-order valence-corrected chi connectivity index (χ2v) is 6.89. The molecule has 114 valence electrons. The summed E-state index contributed by atoms with van der Waals surface area (Å²) < 4.78 is 4.43. The van der Waals surface area contributed by atoms with Gasteiger partial charge in [0.1, 0.15) is 5.82 Å². The topological polar surface area (TPSA) is 29.9 Å². The predicted molar refractivity (Wildman–Crippen MR) is 94.5 cm³/mol. The molecule has 0 bridgehead atoms. The summed E-state index contributed by atoms with van der Waals surface area (Å²) in [6.45, 7) is 6.29. The summed E-state index contributed by atoms with van der Waals surface area (Å²) >= 11 is 7.14. The molecule has 0 radical (unpaired) electrons. The Hall–Kier alpha value is -0.650. The molecule has 1 atom stereocenters. The number of rotatable bonds is 7. The fourth-order valence-electron chi connectivity index (χ4n) is 2.49. The lowest BCUT2D eigenvalue weighted by atomic mass is 10.0. The highest BCUT2D eigenvalue weighted by atomic mass is 79.9. The van der Waals surface area contributed by atoms with Gasteiger partial charge in [-0.15, -0.1) is 0 Å². The smallest absolute Gasteiger partial charge is 0.110 e. The lowest BCUT2D eigenvalue weighted by Crippen LogP contribution is -2.24. The SMILES string of the molecule is CCCn1ccnc1CC(NCC)c1cc(Br)cc(Br)c1. The van der Waals surface area contributed by atoms with Gasteiger partial charge in [0.05, 0.1) is 0 Å². The van der Waals surface area contributed by atoms with E-state index in [1.807, 2.05) is 6.20 Å². The van der Waals surface area contributed by atoms with Crippen LogP contribution in [0.2, 0.25) is 0 Å². The largest absolute Gasteiger partial charge is 0.335 e. The van der Waals surface area contributed by atoms with Crippen molar-refractivity contribution in [2.75, 3.05) is 6.54 Å². The Balaban J connectivity index is 2.24. The molecule has 0 aliphatic carbocycles. The second kappa shape index (κ2) is 8.11. The Kier molecular flexibility index (Phi) is 6.45. The number of nitrogens with one attached hydrogen (secondary N) is 1. The first-order chi connectivity index (χ1) is 10.1.